The minimum absolute atomic E-state index is 0.0536. The van der Waals surface area contributed by atoms with E-state index in [0.29, 0.717) is 0 Å². The normalized spacial score (nSPS) is 16.2. The standard InChI is InChI=1S/C14H15N3/c1-14(2)9-15-13-8-10(4-5-11(13)14)12-6-7-17(3)16-12/h4-9H,1-3H3. The van der Waals surface area contributed by atoms with E-state index in [9.17, 15) is 0 Å². The fourth-order valence-electron chi connectivity index (χ4n) is 2.21. The zero-order valence-electron chi connectivity index (χ0n) is 10.3. The maximum absolute atomic E-state index is 4.49. The van der Waals surface area contributed by atoms with Crippen molar-refractivity contribution >= 4 is 11.9 Å². The lowest BCUT2D eigenvalue weighted by atomic mass is 9.86. The van der Waals surface area contributed by atoms with Crippen LogP contribution in [-0.2, 0) is 12.5 Å². The predicted molar refractivity (Wildman–Crippen MR) is 69.8 cm³/mol. The highest BCUT2D eigenvalue weighted by Crippen LogP contribution is 2.38. The summed E-state index contributed by atoms with van der Waals surface area (Å²) >= 11 is 0. The average molecular weight is 225 g/mol. The van der Waals surface area contributed by atoms with E-state index >= 15 is 0 Å². The van der Waals surface area contributed by atoms with Crippen LogP contribution in [0.5, 0.6) is 0 Å². The SMILES string of the molecule is Cn1ccc(-c2ccc3c(c2)N=CC3(C)C)n1. The molecule has 2 aromatic rings. The van der Waals surface area contributed by atoms with Gasteiger partial charge in [-0.05, 0) is 17.7 Å². The van der Waals surface area contributed by atoms with Gasteiger partial charge >= 0.3 is 0 Å². The number of aromatic nitrogens is 2. The van der Waals surface area contributed by atoms with E-state index in [1.54, 1.807) is 0 Å². The number of benzene rings is 1. The fraction of sp³-hybridized carbons (Fsp3) is 0.286. The van der Waals surface area contributed by atoms with Gasteiger partial charge in [-0.3, -0.25) is 9.67 Å². The predicted octanol–water partition coefficient (Wildman–Crippen LogP) is 3.08. The molecule has 1 aliphatic heterocycles. The first-order valence-electron chi connectivity index (χ1n) is 5.76. The maximum atomic E-state index is 4.49. The van der Waals surface area contributed by atoms with E-state index in [-0.39, 0.29) is 5.41 Å². The summed E-state index contributed by atoms with van der Waals surface area (Å²) < 4.78 is 1.82. The molecule has 0 atom stereocenters. The van der Waals surface area contributed by atoms with E-state index in [0.717, 1.165) is 16.9 Å². The Hall–Kier alpha value is -1.90. The van der Waals surface area contributed by atoms with E-state index in [2.05, 4.69) is 42.1 Å². The molecule has 86 valence electrons. The smallest absolute Gasteiger partial charge is 0.0923 e. The molecule has 2 heterocycles. The van der Waals surface area contributed by atoms with Gasteiger partial charge in [0.05, 0.1) is 11.4 Å². The lowest BCUT2D eigenvalue weighted by Crippen LogP contribution is -2.14. The highest BCUT2D eigenvalue weighted by Gasteiger charge is 2.26. The summed E-state index contributed by atoms with van der Waals surface area (Å²) in [5, 5.41) is 4.41. The van der Waals surface area contributed by atoms with E-state index in [4.69, 9.17) is 0 Å². The summed E-state index contributed by atoms with van der Waals surface area (Å²) in [7, 11) is 1.93. The quantitative estimate of drug-likeness (QED) is 0.733. The van der Waals surface area contributed by atoms with Gasteiger partial charge in [-0.2, -0.15) is 5.10 Å². The Bertz CT molecular complexity index is 606. The zero-order chi connectivity index (χ0) is 12.0. The van der Waals surface area contributed by atoms with Crippen LogP contribution in [0.25, 0.3) is 11.3 Å². The number of hydrogen-bond donors (Lipinski definition) is 0. The topological polar surface area (TPSA) is 30.2 Å². The van der Waals surface area contributed by atoms with Gasteiger partial charge in [-0.1, -0.05) is 26.0 Å². The van der Waals surface area contributed by atoms with Crippen LogP contribution in [0.1, 0.15) is 19.4 Å². The molecule has 17 heavy (non-hydrogen) atoms. The van der Waals surface area contributed by atoms with Crippen molar-refractivity contribution < 1.29 is 0 Å². The van der Waals surface area contributed by atoms with Crippen LogP contribution in [0.3, 0.4) is 0 Å². The van der Waals surface area contributed by atoms with Gasteiger partial charge in [-0.15, -0.1) is 0 Å². The second-order valence-electron chi connectivity index (χ2n) is 5.09. The van der Waals surface area contributed by atoms with Crippen molar-refractivity contribution in [1.82, 2.24) is 9.78 Å². The Morgan fingerprint density at radius 2 is 2.00 bits per heavy atom. The molecule has 3 nitrogen and oxygen atoms in total. The molecule has 3 rings (SSSR count). The average Bonchev–Trinajstić information content (AvgIpc) is 2.84. The van der Waals surface area contributed by atoms with E-state index in [1.165, 1.54) is 5.56 Å². The summed E-state index contributed by atoms with van der Waals surface area (Å²) in [6.45, 7) is 4.37. The maximum Gasteiger partial charge on any atom is 0.0923 e. The Morgan fingerprint density at radius 1 is 1.18 bits per heavy atom. The second-order valence-corrected chi connectivity index (χ2v) is 5.09. The molecular formula is C14H15N3. The van der Waals surface area contributed by atoms with Crippen LogP contribution < -0.4 is 0 Å². The van der Waals surface area contributed by atoms with Crippen molar-refractivity contribution in [2.45, 2.75) is 19.3 Å². The van der Waals surface area contributed by atoms with Crippen molar-refractivity contribution in [3.63, 3.8) is 0 Å². The first-order valence-corrected chi connectivity index (χ1v) is 5.76. The Morgan fingerprint density at radius 3 is 2.71 bits per heavy atom. The minimum Gasteiger partial charge on any atom is -0.275 e. The Balaban J connectivity index is 2.09. The van der Waals surface area contributed by atoms with Crippen LogP contribution >= 0.6 is 0 Å². The van der Waals surface area contributed by atoms with Gasteiger partial charge < -0.3 is 0 Å². The minimum atomic E-state index is 0.0536. The van der Waals surface area contributed by atoms with Crippen LogP contribution in [0.4, 0.5) is 5.69 Å². The Labute approximate surface area is 101 Å². The molecule has 0 fully saturated rings. The molecule has 0 saturated heterocycles. The number of aryl methyl sites for hydroxylation is 1. The number of fused-ring (bicyclic) bond motifs is 1. The molecule has 0 bridgehead atoms. The van der Waals surface area contributed by atoms with E-state index < -0.39 is 0 Å². The molecule has 0 saturated carbocycles. The first-order chi connectivity index (χ1) is 8.06. The van der Waals surface area contributed by atoms with Crippen LogP contribution in [0.2, 0.25) is 0 Å². The van der Waals surface area contributed by atoms with Gasteiger partial charge in [0.25, 0.3) is 0 Å². The van der Waals surface area contributed by atoms with Gasteiger partial charge in [0.15, 0.2) is 0 Å². The second kappa shape index (κ2) is 3.29. The number of rotatable bonds is 1. The Kier molecular flexibility index (Phi) is 1.99. The highest BCUT2D eigenvalue weighted by molar-refractivity contribution is 5.85. The van der Waals surface area contributed by atoms with E-state index in [1.807, 2.05) is 30.2 Å². The summed E-state index contributed by atoms with van der Waals surface area (Å²) in [5.41, 5.74) is 4.53. The molecular weight excluding hydrogens is 210 g/mol. The fourth-order valence-corrected chi connectivity index (χ4v) is 2.21. The molecule has 1 aromatic carbocycles. The van der Waals surface area contributed by atoms with Gasteiger partial charge in [0, 0.05) is 30.4 Å². The number of nitrogens with zero attached hydrogens (tertiary/aromatic N) is 3. The first kappa shape index (κ1) is 10.3. The lowest BCUT2D eigenvalue weighted by Gasteiger charge is -2.15. The van der Waals surface area contributed by atoms with Crippen molar-refractivity contribution in [3.05, 3.63) is 36.0 Å². The van der Waals surface area contributed by atoms with Gasteiger partial charge in [-0.25, -0.2) is 0 Å². The van der Waals surface area contributed by atoms with Crippen molar-refractivity contribution in [3.8, 4) is 11.3 Å². The van der Waals surface area contributed by atoms with Crippen molar-refractivity contribution in [2.75, 3.05) is 0 Å². The summed E-state index contributed by atoms with van der Waals surface area (Å²) in [5.74, 6) is 0. The molecule has 3 heteroatoms. The molecule has 1 aliphatic rings. The summed E-state index contributed by atoms with van der Waals surface area (Å²) in [6, 6.07) is 8.42. The molecule has 0 N–H and O–H groups in total. The van der Waals surface area contributed by atoms with Crippen LogP contribution in [0.15, 0.2) is 35.5 Å². The third-order valence-electron chi connectivity index (χ3n) is 3.23. The van der Waals surface area contributed by atoms with Crippen molar-refractivity contribution in [1.29, 1.82) is 0 Å². The van der Waals surface area contributed by atoms with Gasteiger partial charge in [0.2, 0.25) is 0 Å². The summed E-state index contributed by atoms with van der Waals surface area (Å²) in [4.78, 5) is 4.49. The highest BCUT2D eigenvalue weighted by atomic mass is 15.2. The van der Waals surface area contributed by atoms with Crippen LogP contribution in [-0.4, -0.2) is 16.0 Å². The largest absolute Gasteiger partial charge is 0.275 e. The summed E-state index contributed by atoms with van der Waals surface area (Å²) in [6.07, 6.45) is 3.97. The molecule has 0 aliphatic carbocycles. The number of aliphatic imine (C=N–C) groups is 1. The van der Waals surface area contributed by atoms with Gasteiger partial charge in [0.1, 0.15) is 0 Å². The van der Waals surface area contributed by atoms with Crippen molar-refractivity contribution in [2.24, 2.45) is 12.0 Å². The molecule has 0 radical (unpaired) electrons. The van der Waals surface area contributed by atoms with Crippen LogP contribution in [0, 0.1) is 0 Å². The third kappa shape index (κ3) is 1.58. The zero-order valence-corrected chi connectivity index (χ0v) is 10.3. The number of hydrogen-bond acceptors (Lipinski definition) is 2. The molecule has 1 aromatic heterocycles. The monoisotopic (exact) mass is 225 g/mol. The molecule has 0 spiro atoms. The lowest BCUT2D eigenvalue weighted by molar-refractivity contribution is 0.752. The molecule has 0 amide bonds. The molecule has 0 unspecified atom stereocenters. The third-order valence-corrected chi connectivity index (χ3v) is 3.23.